The van der Waals surface area contributed by atoms with Gasteiger partial charge >= 0.3 is 0 Å². The second-order valence-corrected chi connectivity index (χ2v) is 22.9. The monoisotopic (exact) mass is 1030 g/mol. The number of hydrogen-bond acceptors (Lipinski definition) is 4. The highest BCUT2D eigenvalue weighted by molar-refractivity contribution is 6.17. The molecule has 4 amide bonds. The molecule has 0 saturated heterocycles. The van der Waals surface area contributed by atoms with Crippen molar-refractivity contribution in [2.75, 3.05) is 10.6 Å². The highest BCUT2D eigenvalue weighted by atomic mass is 16.2. The Morgan fingerprint density at radius 1 is 0.372 bits per heavy atom. The van der Waals surface area contributed by atoms with Gasteiger partial charge < -0.3 is 21.3 Å². The third-order valence-electron chi connectivity index (χ3n) is 14.9. The van der Waals surface area contributed by atoms with Gasteiger partial charge in [-0.3, -0.25) is 19.2 Å². The molecule has 0 fully saturated rings. The molecular formula is C70H70N4O4. The Morgan fingerprint density at radius 3 is 0.987 bits per heavy atom. The zero-order chi connectivity index (χ0) is 55.8. The van der Waals surface area contributed by atoms with E-state index in [0.717, 1.165) is 99.4 Å². The maximum absolute atomic E-state index is 14.6. The van der Waals surface area contributed by atoms with Gasteiger partial charge in [-0.05, 0) is 130 Å². The highest BCUT2D eigenvalue weighted by Crippen LogP contribution is 2.49. The number of anilines is 2. The highest BCUT2D eigenvalue weighted by Gasteiger charge is 2.30. The molecule has 0 unspecified atom stereocenters. The molecule has 394 valence electrons. The van der Waals surface area contributed by atoms with Crippen LogP contribution in [0.3, 0.4) is 0 Å². The lowest BCUT2D eigenvalue weighted by molar-refractivity contribution is -0.124. The first-order valence-electron chi connectivity index (χ1n) is 26.9. The Labute approximate surface area is 459 Å². The maximum atomic E-state index is 14.6. The van der Waals surface area contributed by atoms with Gasteiger partial charge in [0.15, 0.2) is 0 Å². The lowest BCUT2D eigenvalue weighted by Crippen LogP contribution is -2.31. The molecule has 0 aliphatic rings. The second kappa shape index (κ2) is 21.8. The van der Waals surface area contributed by atoms with E-state index in [4.69, 9.17) is 0 Å². The predicted molar refractivity (Wildman–Crippen MR) is 323 cm³/mol. The number of aryl methyl sites for hydroxylation is 4. The fourth-order valence-corrected chi connectivity index (χ4v) is 10.7. The molecule has 0 aromatic heterocycles. The number of fused-ring (bicyclic) bond motifs is 2. The van der Waals surface area contributed by atoms with Crippen LogP contribution < -0.4 is 21.3 Å². The molecule has 0 aliphatic carbocycles. The molecule has 8 nitrogen and oxygen atoms in total. The zero-order valence-corrected chi connectivity index (χ0v) is 47.0. The number of amides is 4. The van der Waals surface area contributed by atoms with Gasteiger partial charge in [0, 0.05) is 33.1 Å². The molecule has 9 rings (SSSR count). The molecule has 9 aromatic carbocycles. The van der Waals surface area contributed by atoms with Crippen molar-refractivity contribution in [3.8, 4) is 44.5 Å². The largest absolute Gasteiger partial charge is 0.346 e. The van der Waals surface area contributed by atoms with E-state index in [1.165, 1.54) is 0 Å². The summed E-state index contributed by atoms with van der Waals surface area (Å²) in [6.45, 7) is 23.2. The molecule has 0 saturated carbocycles. The summed E-state index contributed by atoms with van der Waals surface area (Å²) in [4.78, 5) is 57.1. The number of benzene rings is 9. The molecule has 8 heteroatoms. The summed E-state index contributed by atoms with van der Waals surface area (Å²) in [5.74, 6) is -0.709. The molecule has 2 atom stereocenters. The SMILES string of the molecule is Cc1cc(-c2cccc3cccc(-c4ccc(-c5cccc6cccc(-c7cc(C)c(C(=O)N[C@H](C)c8ccccc8)c(C)c7)c56)c(NC(=O)C(C)(C)C)c4NC(=O)C(C)(C)C)c23)cc(C)c1C(=O)N[C@H](C)c1ccccc1. The van der Waals surface area contributed by atoms with Crippen molar-refractivity contribution in [2.45, 2.75) is 95.2 Å². The number of carbonyl (C=O) groups excluding carboxylic acids is 4. The van der Waals surface area contributed by atoms with E-state index >= 15 is 0 Å². The standard InChI is InChI=1S/C70H70N4O4/c1-41-37-51(38-42(2)59(41)65(75)71-45(5)47-23-15-13-16-24-47)53-31-19-27-49-29-21-33-55(61(49)53)57-35-36-58(64(74-68(78)70(10,11)12)63(57)73-67(77)69(7,8)9)56-34-22-30-50-28-20-32-54(62(50)56)52-39-43(3)60(44(4)40-52)66(76)72-46(6)48-25-17-14-18-26-48/h13-40,45-46H,1-12H3,(H,71,75)(H,72,76)(H,73,77)(H,74,78)/t45-,46-/m1/s1. The van der Waals surface area contributed by atoms with E-state index in [1.807, 2.05) is 168 Å². The predicted octanol–water partition coefficient (Wildman–Crippen LogP) is 16.8. The molecule has 9 aromatic rings. The lowest BCUT2D eigenvalue weighted by Gasteiger charge is -2.27. The topological polar surface area (TPSA) is 116 Å². The number of nitrogens with one attached hydrogen (secondary N) is 4. The summed E-state index contributed by atoms with van der Waals surface area (Å²) in [6.07, 6.45) is 0. The van der Waals surface area contributed by atoms with E-state index in [-0.39, 0.29) is 35.7 Å². The second-order valence-electron chi connectivity index (χ2n) is 22.9. The van der Waals surface area contributed by atoms with Gasteiger partial charge in [-0.15, -0.1) is 0 Å². The first kappa shape index (κ1) is 54.2. The van der Waals surface area contributed by atoms with Gasteiger partial charge in [0.05, 0.1) is 23.5 Å². The van der Waals surface area contributed by atoms with E-state index in [9.17, 15) is 19.2 Å². The van der Waals surface area contributed by atoms with Crippen molar-refractivity contribution in [3.63, 3.8) is 0 Å². The van der Waals surface area contributed by atoms with E-state index in [1.54, 1.807) is 0 Å². The smallest absolute Gasteiger partial charge is 0.252 e. The van der Waals surface area contributed by atoms with Gasteiger partial charge in [-0.2, -0.15) is 0 Å². The number of rotatable bonds is 12. The van der Waals surface area contributed by atoms with Crippen LogP contribution in [-0.2, 0) is 9.59 Å². The normalized spacial score (nSPS) is 12.5. The van der Waals surface area contributed by atoms with E-state index < -0.39 is 10.8 Å². The first-order valence-corrected chi connectivity index (χ1v) is 26.9. The van der Waals surface area contributed by atoms with Gasteiger partial charge in [-0.1, -0.05) is 211 Å². The average Bonchev–Trinajstić information content (AvgIpc) is 3.60. The summed E-state index contributed by atoms with van der Waals surface area (Å²) in [6, 6.07) is 56.8. The van der Waals surface area contributed by atoms with Crippen molar-refractivity contribution >= 4 is 56.5 Å². The van der Waals surface area contributed by atoms with Gasteiger partial charge in [0.2, 0.25) is 11.8 Å². The van der Waals surface area contributed by atoms with Gasteiger partial charge in [0.1, 0.15) is 0 Å². The molecule has 0 radical (unpaired) electrons. The van der Waals surface area contributed by atoms with Crippen LogP contribution >= 0.6 is 0 Å². The van der Waals surface area contributed by atoms with Gasteiger partial charge in [0.25, 0.3) is 11.8 Å². The Morgan fingerprint density at radius 2 is 0.679 bits per heavy atom. The van der Waals surface area contributed by atoms with Gasteiger partial charge in [-0.25, -0.2) is 0 Å². The Bertz CT molecular complexity index is 3500. The molecule has 0 spiro atoms. The Kier molecular flexibility index (Phi) is 15.1. The van der Waals surface area contributed by atoms with Crippen LogP contribution in [0.2, 0.25) is 0 Å². The molecular weight excluding hydrogens is 961 g/mol. The Balaban J connectivity index is 1.23. The van der Waals surface area contributed by atoms with Crippen LogP contribution in [-0.4, -0.2) is 23.6 Å². The number of hydrogen-bond donors (Lipinski definition) is 4. The summed E-state index contributed by atoms with van der Waals surface area (Å²) in [7, 11) is 0. The average molecular weight is 1030 g/mol. The quantitative estimate of drug-likeness (QED) is 0.0975. The third-order valence-corrected chi connectivity index (χ3v) is 14.9. The van der Waals surface area contributed by atoms with Crippen molar-refractivity contribution in [1.29, 1.82) is 0 Å². The first-order chi connectivity index (χ1) is 37.1. The van der Waals surface area contributed by atoms with E-state index in [0.29, 0.717) is 22.5 Å². The number of carbonyl (C=O) groups is 4. The van der Waals surface area contributed by atoms with Crippen molar-refractivity contribution in [1.82, 2.24) is 10.6 Å². The minimum atomic E-state index is -0.810. The summed E-state index contributed by atoms with van der Waals surface area (Å²) >= 11 is 0. The molecule has 0 bridgehead atoms. The summed E-state index contributed by atoms with van der Waals surface area (Å²) < 4.78 is 0. The Hall–Kier alpha value is -8.62. The molecule has 0 aliphatic heterocycles. The molecule has 4 N–H and O–H groups in total. The third kappa shape index (κ3) is 11.0. The van der Waals surface area contributed by atoms with Crippen LogP contribution in [0.25, 0.3) is 66.1 Å². The fourth-order valence-electron chi connectivity index (χ4n) is 10.7. The zero-order valence-electron chi connectivity index (χ0n) is 47.0. The van der Waals surface area contributed by atoms with Crippen molar-refractivity contribution < 1.29 is 19.2 Å². The van der Waals surface area contributed by atoms with Crippen LogP contribution in [0.15, 0.2) is 170 Å². The molecule has 78 heavy (non-hydrogen) atoms. The van der Waals surface area contributed by atoms with Crippen LogP contribution in [0.5, 0.6) is 0 Å². The van der Waals surface area contributed by atoms with E-state index in [2.05, 4.69) is 106 Å². The lowest BCUT2D eigenvalue weighted by atomic mass is 9.85. The maximum Gasteiger partial charge on any atom is 0.252 e. The minimum Gasteiger partial charge on any atom is -0.346 e. The van der Waals surface area contributed by atoms with Crippen LogP contribution in [0.1, 0.15) is 122 Å². The minimum absolute atomic E-state index is 0.133. The van der Waals surface area contributed by atoms with Crippen molar-refractivity contribution in [2.24, 2.45) is 10.8 Å². The summed E-state index contributed by atoms with van der Waals surface area (Å²) in [5.41, 5.74) is 13.0. The van der Waals surface area contributed by atoms with Crippen LogP contribution in [0.4, 0.5) is 11.4 Å². The summed E-state index contributed by atoms with van der Waals surface area (Å²) in [5, 5.41) is 17.1. The molecule has 0 heterocycles. The fraction of sp³-hybridized carbons (Fsp3) is 0.229. The van der Waals surface area contributed by atoms with Crippen LogP contribution in [0, 0.1) is 38.5 Å². The van der Waals surface area contributed by atoms with Crippen molar-refractivity contribution in [3.05, 3.63) is 214 Å².